The molecule has 0 aliphatic carbocycles. The summed E-state index contributed by atoms with van der Waals surface area (Å²) in [4.78, 5) is 16.4. The number of hydrogen-bond donors (Lipinski definition) is 4. The Kier molecular flexibility index (Phi) is 13.6. The van der Waals surface area contributed by atoms with Gasteiger partial charge in [0.2, 0.25) is 5.96 Å². The molecule has 0 radical (unpaired) electrons. The highest BCUT2D eigenvalue weighted by Gasteiger charge is 2.31. The first kappa shape index (κ1) is 27.2. The van der Waals surface area contributed by atoms with Gasteiger partial charge in [0, 0.05) is 13.7 Å². The quantitative estimate of drug-likeness (QED) is 0.139. The number of hydrogen-bond acceptors (Lipinski definition) is 6. The van der Waals surface area contributed by atoms with Crippen LogP contribution in [0.25, 0.3) is 0 Å². The topological polar surface area (TPSA) is 142 Å². The second-order valence-electron chi connectivity index (χ2n) is 6.63. The molecule has 1 amide bonds. The van der Waals surface area contributed by atoms with Crippen LogP contribution in [0.3, 0.4) is 0 Å². The third-order valence-corrected chi connectivity index (χ3v) is 4.14. The van der Waals surface area contributed by atoms with Crippen LogP contribution in [0.4, 0.5) is 0 Å². The van der Waals surface area contributed by atoms with Crippen molar-refractivity contribution in [2.24, 2.45) is 10.7 Å². The maximum atomic E-state index is 12.4. The first-order valence-electron chi connectivity index (χ1n) is 9.97. The van der Waals surface area contributed by atoms with Crippen molar-refractivity contribution in [1.82, 2.24) is 10.6 Å². The molecule has 1 aromatic carbocycles. The molecule has 2 unspecified atom stereocenters. The number of amides is 1. The van der Waals surface area contributed by atoms with E-state index in [9.17, 15) is 9.90 Å². The van der Waals surface area contributed by atoms with Crippen LogP contribution in [0.5, 0.6) is 5.75 Å². The van der Waals surface area contributed by atoms with Crippen molar-refractivity contribution < 1.29 is 19.4 Å². The SMILES string of the molecule is CC.COC(C)(C)C(=O)NC(CCCN=C(N)NC#N)C(O)COc1ccccc1. The number of benzene rings is 1. The molecule has 0 spiro atoms. The van der Waals surface area contributed by atoms with Crippen molar-refractivity contribution in [2.75, 3.05) is 20.3 Å². The van der Waals surface area contributed by atoms with Crippen molar-refractivity contribution in [3.63, 3.8) is 0 Å². The van der Waals surface area contributed by atoms with E-state index in [1.165, 1.54) is 7.11 Å². The Bertz CT molecular complexity index is 674. The number of nitrogens with one attached hydrogen (secondary N) is 2. The van der Waals surface area contributed by atoms with Crippen LogP contribution in [-0.2, 0) is 9.53 Å². The summed E-state index contributed by atoms with van der Waals surface area (Å²) in [5, 5.41) is 24.1. The molecule has 0 aromatic heterocycles. The molecule has 2 atom stereocenters. The smallest absolute Gasteiger partial charge is 0.251 e. The largest absolute Gasteiger partial charge is 0.491 e. The van der Waals surface area contributed by atoms with Gasteiger partial charge in [0.15, 0.2) is 6.19 Å². The Hall–Kier alpha value is -2.83. The number of ether oxygens (including phenoxy) is 2. The molecule has 5 N–H and O–H groups in total. The number of nitrogens with zero attached hydrogens (tertiary/aromatic N) is 2. The van der Waals surface area contributed by atoms with Crippen LogP contribution in [0.1, 0.15) is 40.5 Å². The van der Waals surface area contributed by atoms with Crippen LogP contribution in [-0.4, -0.2) is 55.0 Å². The Labute approximate surface area is 179 Å². The Morgan fingerprint density at radius 2 is 1.97 bits per heavy atom. The molecule has 1 rings (SSSR count). The van der Waals surface area contributed by atoms with E-state index < -0.39 is 17.7 Å². The van der Waals surface area contributed by atoms with Gasteiger partial charge in [-0.1, -0.05) is 32.0 Å². The van der Waals surface area contributed by atoms with Crippen molar-refractivity contribution >= 4 is 11.9 Å². The van der Waals surface area contributed by atoms with Gasteiger partial charge in [-0.25, -0.2) is 0 Å². The molecule has 0 heterocycles. The summed E-state index contributed by atoms with van der Waals surface area (Å²) in [5.41, 5.74) is 4.46. The summed E-state index contributed by atoms with van der Waals surface area (Å²) in [6.45, 7) is 7.65. The van der Waals surface area contributed by atoms with Gasteiger partial charge in [-0.3, -0.25) is 15.1 Å². The van der Waals surface area contributed by atoms with E-state index in [1.54, 1.807) is 32.2 Å². The molecule has 9 heteroatoms. The third-order valence-electron chi connectivity index (χ3n) is 4.14. The van der Waals surface area contributed by atoms with Crippen molar-refractivity contribution in [3.05, 3.63) is 30.3 Å². The molecule has 0 saturated carbocycles. The van der Waals surface area contributed by atoms with Gasteiger partial charge < -0.3 is 25.6 Å². The number of para-hydroxylation sites is 1. The molecule has 0 saturated heterocycles. The molecular formula is C21H35N5O4. The fraction of sp³-hybridized carbons (Fsp3) is 0.571. The summed E-state index contributed by atoms with van der Waals surface area (Å²) >= 11 is 0. The average molecular weight is 422 g/mol. The fourth-order valence-corrected chi connectivity index (χ4v) is 2.22. The highest BCUT2D eigenvalue weighted by molar-refractivity contribution is 5.84. The van der Waals surface area contributed by atoms with Gasteiger partial charge in [0.05, 0.1) is 6.04 Å². The number of methoxy groups -OCH3 is 1. The summed E-state index contributed by atoms with van der Waals surface area (Å²) in [5.74, 6) is 0.313. The number of aliphatic hydroxyl groups is 1. The Morgan fingerprint density at radius 1 is 1.33 bits per heavy atom. The van der Waals surface area contributed by atoms with E-state index in [1.807, 2.05) is 32.0 Å². The minimum atomic E-state index is -1.03. The molecule has 1 aromatic rings. The van der Waals surface area contributed by atoms with Crippen molar-refractivity contribution in [1.29, 1.82) is 5.26 Å². The number of aliphatic hydroxyl groups excluding tert-OH is 1. The zero-order valence-electron chi connectivity index (χ0n) is 18.5. The van der Waals surface area contributed by atoms with Crippen LogP contribution in [0, 0.1) is 11.5 Å². The van der Waals surface area contributed by atoms with Crippen molar-refractivity contribution in [2.45, 2.75) is 58.3 Å². The van der Waals surface area contributed by atoms with E-state index in [2.05, 4.69) is 15.6 Å². The molecule has 30 heavy (non-hydrogen) atoms. The van der Waals surface area contributed by atoms with E-state index in [-0.39, 0.29) is 18.5 Å². The molecule has 0 bridgehead atoms. The number of nitrogens with two attached hydrogens (primary N) is 1. The molecular weight excluding hydrogens is 386 g/mol. The van der Waals surface area contributed by atoms with E-state index >= 15 is 0 Å². The number of nitriles is 1. The first-order valence-corrected chi connectivity index (χ1v) is 9.97. The van der Waals surface area contributed by atoms with E-state index in [0.717, 1.165) is 0 Å². The maximum absolute atomic E-state index is 12.4. The third kappa shape index (κ3) is 10.6. The summed E-state index contributed by atoms with van der Waals surface area (Å²) in [7, 11) is 1.45. The van der Waals surface area contributed by atoms with E-state index in [4.69, 9.17) is 20.5 Å². The monoisotopic (exact) mass is 421 g/mol. The van der Waals surface area contributed by atoms with E-state index in [0.29, 0.717) is 25.1 Å². The fourth-order valence-electron chi connectivity index (χ4n) is 2.22. The second kappa shape index (κ2) is 15.1. The van der Waals surface area contributed by atoms with Crippen LogP contribution >= 0.6 is 0 Å². The number of rotatable bonds is 11. The van der Waals surface area contributed by atoms with Gasteiger partial charge in [-0.05, 0) is 38.8 Å². The predicted molar refractivity (Wildman–Crippen MR) is 117 cm³/mol. The summed E-state index contributed by atoms with van der Waals surface area (Å²) in [6, 6.07) is 8.54. The first-order chi connectivity index (χ1) is 14.3. The van der Waals surface area contributed by atoms with Gasteiger partial charge in [0.25, 0.3) is 5.91 Å². The molecule has 0 aliphatic rings. The minimum absolute atomic E-state index is 0.0176. The van der Waals surface area contributed by atoms with Crippen LogP contribution in [0.15, 0.2) is 35.3 Å². The second-order valence-corrected chi connectivity index (χ2v) is 6.63. The number of aliphatic imine (C=N–C) groups is 1. The van der Waals surface area contributed by atoms with Crippen molar-refractivity contribution in [3.8, 4) is 11.9 Å². The average Bonchev–Trinajstić information content (AvgIpc) is 2.76. The molecule has 0 aliphatic heterocycles. The lowest BCUT2D eigenvalue weighted by atomic mass is 10.0. The van der Waals surface area contributed by atoms with Gasteiger partial charge in [0.1, 0.15) is 24.1 Å². The molecule has 168 valence electrons. The molecule has 0 fully saturated rings. The molecule has 9 nitrogen and oxygen atoms in total. The zero-order chi connectivity index (χ0) is 23.0. The summed E-state index contributed by atoms with van der Waals surface area (Å²) in [6.07, 6.45) is 1.72. The Balaban J connectivity index is 0.00000407. The number of carbonyl (C=O) groups is 1. The predicted octanol–water partition coefficient (Wildman–Crippen LogP) is 1.53. The number of guanidine groups is 1. The lowest BCUT2D eigenvalue weighted by molar-refractivity contribution is -0.141. The standard InChI is InChI=1S/C19H29N5O4.C2H6/c1-19(2,27-3)17(26)24-15(10-7-11-22-18(21)23-13-20)16(25)12-28-14-8-5-4-6-9-14;1-2/h4-6,8-9,15-16,25H,7,10-12H2,1-3H3,(H,24,26)(H3,21,22,23);1-2H3. The summed E-state index contributed by atoms with van der Waals surface area (Å²) < 4.78 is 10.8. The zero-order valence-corrected chi connectivity index (χ0v) is 18.5. The Morgan fingerprint density at radius 3 is 2.53 bits per heavy atom. The van der Waals surface area contributed by atoms with Gasteiger partial charge in [-0.15, -0.1) is 0 Å². The van der Waals surface area contributed by atoms with Crippen LogP contribution < -0.4 is 21.1 Å². The van der Waals surface area contributed by atoms with Crippen LogP contribution in [0.2, 0.25) is 0 Å². The maximum Gasteiger partial charge on any atom is 0.251 e. The lowest BCUT2D eigenvalue weighted by Crippen LogP contribution is -2.52. The highest BCUT2D eigenvalue weighted by atomic mass is 16.5. The normalized spacial score (nSPS) is 13.2. The van der Waals surface area contributed by atoms with Gasteiger partial charge >= 0.3 is 0 Å². The highest BCUT2D eigenvalue weighted by Crippen LogP contribution is 2.13. The lowest BCUT2D eigenvalue weighted by Gasteiger charge is -2.29. The minimum Gasteiger partial charge on any atom is -0.491 e. The number of carbonyl (C=O) groups excluding carboxylic acids is 1. The van der Waals surface area contributed by atoms with Gasteiger partial charge in [-0.2, -0.15) is 5.26 Å².